The lowest BCUT2D eigenvalue weighted by Gasteiger charge is -1.99. The molecule has 0 aliphatic rings. The molecule has 0 nitrogen and oxygen atoms in total. The summed E-state index contributed by atoms with van der Waals surface area (Å²) in [5.41, 5.74) is 0. The molecule has 0 bridgehead atoms. The first-order valence-corrected chi connectivity index (χ1v) is 9.31. The zero-order valence-corrected chi connectivity index (χ0v) is 18.0. The minimum Gasteiger partial charge on any atom is -0.143 e. The fourth-order valence-corrected chi connectivity index (χ4v) is 5.02. The van der Waals surface area contributed by atoms with Gasteiger partial charge < -0.3 is 0 Å². The van der Waals surface area contributed by atoms with Gasteiger partial charge in [0.2, 0.25) is 0 Å². The van der Waals surface area contributed by atoms with Crippen molar-refractivity contribution < 1.29 is 0 Å². The highest BCUT2D eigenvalue weighted by molar-refractivity contribution is 14.1. The van der Waals surface area contributed by atoms with Crippen molar-refractivity contribution in [1.29, 1.82) is 0 Å². The quantitative estimate of drug-likeness (QED) is 0.147. The van der Waals surface area contributed by atoms with Gasteiger partial charge in [-0.25, -0.2) is 0 Å². The Hall–Kier alpha value is 1.71. The van der Waals surface area contributed by atoms with E-state index in [2.05, 4.69) is 115 Å². The second-order valence-corrected chi connectivity index (χ2v) is 8.18. The molecule has 2 aromatic carbocycles. The van der Waals surface area contributed by atoms with E-state index in [9.17, 15) is 0 Å². The predicted molar refractivity (Wildman–Crippen MR) is 111 cm³/mol. The number of benzene rings is 2. The number of halogens is 4. The van der Waals surface area contributed by atoms with E-state index < -0.39 is 0 Å². The van der Waals surface area contributed by atoms with Crippen LogP contribution in [0.1, 0.15) is 0 Å². The number of rotatable bonds is 0. The van der Waals surface area contributed by atoms with Crippen molar-refractivity contribution >= 4 is 103 Å². The Morgan fingerprint density at radius 3 is 1.59 bits per heavy atom. The maximum Gasteiger partial charge on any atom is 0.0398 e. The van der Waals surface area contributed by atoms with Gasteiger partial charge in [0.15, 0.2) is 0 Å². The highest BCUT2D eigenvalue weighted by Crippen LogP contribution is 2.23. The van der Waals surface area contributed by atoms with Crippen LogP contribution >= 0.6 is 103 Å². The molecule has 0 spiro atoms. The van der Waals surface area contributed by atoms with Crippen LogP contribution in [-0.2, 0) is 0 Å². The molecule has 2 aromatic rings. The van der Waals surface area contributed by atoms with Gasteiger partial charge >= 0.3 is 0 Å². The van der Waals surface area contributed by atoms with Crippen molar-refractivity contribution in [2.75, 3.05) is 0 Å². The molecule has 17 heavy (non-hydrogen) atoms. The maximum atomic E-state index is 4.08. The van der Waals surface area contributed by atoms with Gasteiger partial charge in [-0.3, -0.25) is 0 Å². The lowest BCUT2D eigenvalue weighted by molar-refractivity contribution is 1.48. The maximum absolute atomic E-state index is 4.08. The molecular weight excluding hydrogens is 684 g/mol. The summed E-state index contributed by atoms with van der Waals surface area (Å²) < 4.78 is 5.36. The summed E-state index contributed by atoms with van der Waals surface area (Å²) in [4.78, 5) is 1.02. The third-order valence-corrected chi connectivity index (χ3v) is 7.55. The van der Waals surface area contributed by atoms with Crippen LogP contribution in [0.5, 0.6) is 0 Å². The number of hydrogen-bond donors (Lipinski definition) is 1. The van der Waals surface area contributed by atoms with Crippen LogP contribution in [0.15, 0.2) is 47.4 Å². The average molecular weight is 692 g/mol. The average Bonchev–Trinajstić information content (AvgIpc) is 2.27. The van der Waals surface area contributed by atoms with Crippen molar-refractivity contribution in [2.24, 2.45) is 0 Å². The molecule has 0 aromatic heterocycles. The van der Waals surface area contributed by atoms with Crippen LogP contribution in [0.4, 0.5) is 0 Å². The van der Waals surface area contributed by atoms with Crippen LogP contribution in [0.25, 0.3) is 0 Å². The molecular formula is C12H8I4S. The first-order chi connectivity index (χ1) is 8.00. The zero-order valence-electron chi connectivity index (χ0n) is 8.50. The van der Waals surface area contributed by atoms with Crippen molar-refractivity contribution in [3.63, 3.8) is 0 Å². The van der Waals surface area contributed by atoms with Gasteiger partial charge in [0, 0.05) is 19.2 Å². The third-order valence-electron chi connectivity index (χ3n) is 1.70. The lowest BCUT2D eigenvalue weighted by atomic mass is 10.4. The topological polar surface area (TPSA) is 0 Å². The van der Waals surface area contributed by atoms with Crippen molar-refractivity contribution in [1.82, 2.24) is 0 Å². The van der Waals surface area contributed by atoms with Gasteiger partial charge in [-0.05, 0) is 115 Å². The summed E-state index contributed by atoms with van der Waals surface area (Å²) in [6.07, 6.45) is 0. The normalized spacial score (nSPS) is 9.47. The Bertz CT molecular complexity index is 462. The van der Waals surface area contributed by atoms with Gasteiger partial charge in [-0.15, -0.1) is 12.6 Å². The first kappa shape index (κ1) is 16.8. The smallest absolute Gasteiger partial charge is 0.0398 e. The molecule has 0 radical (unpaired) electrons. The monoisotopic (exact) mass is 692 g/mol. The predicted octanol–water partition coefficient (Wildman–Crippen LogP) is 6.08. The van der Waals surface area contributed by atoms with E-state index in [1.807, 2.05) is 30.3 Å². The van der Waals surface area contributed by atoms with Crippen LogP contribution in [0, 0.1) is 14.3 Å². The number of hydrogen-bond acceptors (Lipinski definition) is 1. The van der Waals surface area contributed by atoms with Gasteiger partial charge in [-0.1, -0.05) is 18.2 Å². The zero-order chi connectivity index (χ0) is 12.8. The molecule has 0 fully saturated rings. The largest absolute Gasteiger partial charge is 0.143 e. The first-order valence-electron chi connectivity index (χ1n) is 4.54. The molecule has 0 heterocycles. The van der Waals surface area contributed by atoms with Crippen LogP contribution in [0.2, 0.25) is 0 Å². The van der Waals surface area contributed by atoms with Gasteiger partial charge in [-0.2, -0.15) is 0 Å². The van der Waals surface area contributed by atoms with E-state index in [4.69, 9.17) is 0 Å². The third kappa shape index (κ3) is 6.61. The summed E-state index contributed by atoms with van der Waals surface area (Å²) in [6.45, 7) is 0. The molecule has 0 atom stereocenters. The molecule has 0 N–H and O–H groups in total. The summed E-state index contributed by atoms with van der Waals surface area (Å²) in [6, 6.07) is 14.2. The van der Waals surface area contributed by atoms with E-state index in [1.165, 1.54) is 14.3 Å². The van der Waals surface area contributed by atoms with Gasteiger partial charge in [0.05, 0.1) is 0 Å². The van der Waals surface area contributed by atoms with Gasteiger partial charge in [0.1, 0.15) is 0 Å². The molecule has 0 aliphatic carbocycles. The van der Waals surface area contributed by atoms with Crippen molar-refractivity contribution in [3.05, 3.63) is 56.7 Å². The molecule has 0 saturated carbocycles. The Balaban J connectivity index is 0.000000181. The molecule has 0 unspecified atom stereocenters. The minimum absolute atomic E-state index is 1.02. The fraction of sp³-hybridized carbons (Fsp3) is 0. The fourth-order valence-electron chi connectivity index (χ4n) is 0.953. The lowest BCUT2D eigenvalue weighted by Crippen LogP contribution is -1.85. The van der Waals surface area contributed by atoms with E-state index in [-0.39, 0.29) is 0 Å². The summed E-state index contributed by atoms with van der Waals surface area (Å²) in [7, 11) is 0. The summed E-state index contributed by atoms with van der Waals surface area (Å²) >= 11 is 13.5. The highest BCUT2D eigenvalue weighted by Gasteiger charge is 2.01. The second kappa shape index (κ2) is 8.80. The van der Waals surface area contributed by atoms with Crippen LogP contribution in [-0.4, -0.2) is 0 Å². The van der Waals surface area contributed by atoms with E-state index in [0.29, 0.717) is 0 Å². The van der Waals surface area contributed by atoms with Crippen LogP contribution in [0.3, 0.4) is 0 Å². The summed E-state index contributed by atoms with van der Waals surface area (Å²) in [5.74, 6) is 0. The van der Waals surface area contributed by atoms with E-state index in [1.54, 1.807) is 0 Å². The van der Waals surface area contributed by atoms with E-state index in [0.717, 1.165) is 4.90 Å². The van der Waals surface area contributed by atoms with E-state index >= 15 is 0 Å². The van der Waals surface area contributed by atoms with Crippen LogP contribution < -0.4 is 0 Å². The Morgan fingerprint density at radius 1 is 0.765 bits per heavy atom. The molecule has 0 saturated heterocycles. The number of thiol groups is 1. The Kier molecular flexibility index (Phi) is 8.67. The van der Waals surface area contributed by atoms with Crippen molar-refractivity contribution in [3.8, 4) is 0 Å². The standard InChI is InChI=1S/C6H2I4.C6H6S/c7-3-1-4(8)6(10)5(9)2-3;7-6-4-2-1-3-5-6/h1-2H;1-5,7H. The molecule has 0 aliphatic heterocycles. The van der Waals surface area contributed by atoms with Gasteiger partial charge in [0.25, 0.3) is 0 Å². The molecule has 5 heteroatoms. The summed E-state index contributed by atoms with van der Waals surface area (Å²) in [5, 5.41) is 0. The molecule has 2 rings (SSSR count). The second-order valence-electron chi connectivity index (χ2n) is 3.02. The SMILES string of the molecule is Ic1cc(I)c(I)c(I)c1.Sc1ccccc1. The Morgan fingerprint density at radius 2 is 1.24 bits per heavy atom. The van der Waals surface area contributed by atoms with Crippen molar-refractivity contribution in [2.45, 2.75) is 4.90 Å². The highest BCUT2D eigenvalue weighted by atomic mass is 127. The molecule has 90 valence electrons. The Labute approximate surface area is 162 Å². The molecule has 0 amide bonds. The minimum atomic E-state index is 1.02.